The number of benzene rings is 1. The fourth-order valence-electron chi connectivity index (χ4n) is 0.997. The molecule has 1 aromatic rings. The molecule has 0 aliphatic carbocycles. The molecule has 0 unspecified atom stereocenters. The lowest BCUT2D eigenvalue weighted by molar-refractivity contribution is 0.414. The number of sulfonamides is 1. The van der Waals surface area contributed by atoms with Gasteiger partial charge in [0.15, 0.2) is 0 Å². The van der Waals surface area contributed by atoms with Crippen molar-refractivity contribution in [3.05, 3.63) is 29.8 Å². The first kappa shape index (κ1) is 11.0. The summed E-state index contributed by atoms with van der Waals surface area (Å²) in [6, 6.07) is 7.25. The van der Waals surface area contributed by atoms with Crippen LogP contribution in [0.3, 0.4) is 0 Å². The highest BCUT2D eigenvalue weighted by Gasteiger charge is 2.01. The van der Waals surface area contributed by atoms with Gasteiger partial charge in [0.2, 0.25) is 10.0 Å². The highest BCUT2D eigenvalue weighted by molar-refractivity contribution is 7.88. The van der Waals surface area contributed by atoms with Crippen molar-refractivity contribution < 1.29 is 13.2 Å². The van der Waals surface area contributed by atoms with Crippen molar-refractivity contribution >= 4 is 10.0 Å². The number of hydrogen-bond donors (Lipinski definition) is 1. The standard InChI is InChI=1S/C9H13NO3S/c1-13-9-5-3-4-8(6-9)7-10-14(2,11)12/h3-6,10H,7H2,1-2H3. The van der Waals surface area contributed by atoms with Gasteiger partial charge in [-0.15, -0.1) is 0 Å². The summed E-state index contributed by atoms with van der Waals surface area (Å²) in [6.45, 7) is 0.288. The molecule has 0 amide bonds. The van der Waals surface area contributed by atoms with Crippen LogP contribution in [0.15, 0.2) is 24.3 Å². The predicted molar refractivity (Wildman–Crippen MR) is 54.7 cm³/mol. The Hall–Kier alpha value is -1.07. The van der Waals surface area contributed by atoms with E-state index < -0.39 is 10.0 Å². The van der Waals surface area contributed by atoms with Gasteiger partial charge in [-0.25, -0.2) is 13.1 Å². The normalized spacial score (nSPS) is 11.3. The van der Waals surface area contributed by atoms with Crippen LogP contribution >= 0.6 is 0 Å². The average Bonchev–Trinajstić information content (AvgIpc) is 2.14. The van der Waals surface area contributed by atoms with E-state index in [1.807, 2.05) is 18.2 Å². The monoisotopic (exact) mass is 215 g/mol. The number of methoxy groups -OCH3 is 1. The Morgan fingerprint density at radius 3 is 2.71 bits per heavy atom. The third kappa shape index (κ3) is 3.76. The second kappa shape index (κ2) is 4.43. The van der Waals surface area contributed by atoms with Crippen molar-refractivity contribution in [2.75, 3.05) is 13.4 Å². The third-order valence-electron chi connectivity index (χ3n) is 1.67. The molecule has 0 spiro atoms. The Morgan fingerprint density at radius 1 is 1.43 bits per heavy atom. The lowest BCUT2D eigenvalue weighted by Gasteiger charge is -2.04. The molecule has 1 rings (SSSR count). The molecule has 0 fully saturated rings. The van der Waals surface area contributed by atoms with Gasteiger partial charge in [0.25, 0.3) is 0 Å². The zero-order chi connectivity index (χ0) is 10.6. The number of hydrogen-bond acceptors (Lipinski definition) is 3. The maximum absolute atomic E-state index is 10.8. The summed E-state index contributed by atoms with van der Waals surface area (Å²) in [5, 5.41) is 0. The molecule has 0 heterocycles. The molecule has 0 bridgehead atoms. The smallest absolute Gasteiger partial charge is 0.209 e. The van der Waals surface area contributed by atoms with Gasteiger partial charge in [-0.3, -0.25) is 0 Å². The highest BCUT2D eigenvalue weighted by atomic mass is 32.2. The fourth-order valence-corrected chi connectivity index (χ4v) is 1.43. The summed E-state index contributed by atoms with van der Waals surface area (Å²) >= 11 is 0. The Balaban J connectivity index is 2.68. The number of rotatable bonds is 4. The zero-order valence-electron chi connectivity index (χ0n) is 8.15. The summed E-state index contributed by atoms with van der Waals surface area (Å²) in [5.74, 6) is 0.720. The van der Waals surface area contributed by atoms with E-state index in [1.165, 1.54) is 0 Å². The minimum atomic E-state index is -3.13. The minimum absolute atomic E-state index is 0.288. The second-order valence-electron chi connectivity index (χ2n) is 2.94. The van der Waals surface area contributed by atoms with Gasteiger partial charge >= 0.3 is 0 Å². The maximum Gasteiger partial charge on any atom is 0.209 e. The summed E-state index contributed by atoms with van der Waals surface area (Å²) < 4.78 is 29.0. The molecule has 0 aliphatic rings. The Labute approximate surface area is 84.0 Å². The van der Waals surface area contributed by atoms with Crippen LogP contribution in [0.1, 0.15) is 5.56 Å². The lowest BCUT2D eigenvalue weighted by Crippen LogP contribution is -2.21. The van der Waals surface area contributed by atoms with Crippen LogP contribution in [-0.4, -0.2) is 21.8 Å². The molecule has 14 heavy (non-hydrogen) atoms. The van der Waals surface area contributed by atoms with E-state index in [2.05, 4.69) is 4.72 Å². The van der Waals surface area contributed by atoms with Gasteiger partial charge in [-0.05, 0) is 17.7 Å². The van der Waals surface area contributed by atoms with Crippen molar-refractivity contribution in [3.63, 3.8) is 0 Å². The fraction of sp³-hybridized carbons (Fsp3) is 0.333. The number of nitrogens with one attached hydrogen (secondary N) is 1. The van der Waals surface area contributed by atoms with Gasteiger partial charge in [-0.1, -0.05) is 12.1 Å². The van der Waals surface area contributed by atoms with Crippen molar-refractivity contribution in [1.29, 1.82) is 0 Å². The van der Waals surface area contributed by atoms with Crippen LogP contribution < -0.4 is 9.46 Å². The topological polar surface area (TPSA) is 55.4 Å². The van der Waals surface area contributed by atoms with Gasteiger partial charge in [-0.2, -0.15) is 0 Å². The molecule has 0 aliphatic heterocycles. The summed E-state index contributed by atoms with van der Waals surface area (Å²) in [7, 11) is -1.56. The van der Waals surface area contributed by atoms with Gasteiger partial charge < -0.3 is 4.74 Å². The van der Waals surface area contributed by atoms with Crippen molar-refractivity contribution in [1.82, 2.24) is 4.72 Å². The maximum atomic E-state index is 10.8. The van der Waals surface area contributed by atoms with E-state index in [0.717, 1.165) is 17.6 Å². The molecule has 1 aromatic carbocycles. The summed E-state index contributed by atoms with van der Waals surface area (Å²) in [4.78, 5) is 0. The predicted octanol–water partition coefficient (Wildman–Crippen LogP) is 0.744. The third-order valence-corrected chi connectivity index (χ3v) is 2.34. The van der Waals surface area contributed by atoms with Gasteiger partial charge in [0.1, 0.15) is 5.75 Å². The molecule has 78 valence electrons. The molecular formula is C9H13NO3S. The second-order valence-corrected chi connectivity index (χ2v) is 4.78. The van der Waals surface area contributed by atoms with E-state index in [4.69, 9.17) is 4.74 Å². The molecule has 0 radical (unpaired) electrons. The van der Waals surface area contributed by atoms with Crippen LogP contribution in [0.4, 0.5) is 0 Å². The Morgan fingerprint density at radius 2 is 2.14 bits per heavy atom. The first-order chi connectivity index (χ1) is 6.51. The molecular weight excluding hydrogens is 202 g/mol. The van der Waals surface area contributed by atoms with Gasteiger partial charge in [0, 0.05) is 6.54 Å². The molecule has 0 aromatic heterocycles. The Kier molecular flexibility index (Phi) is 3.49. The molecule has 0 atom stereocenters. The van der Waals surface area contributed by atoms with Crippen LogP contribution in [0, 0.1) is 0 Å². The first-order valence-electron chi connectivity index (χ1n) is 4.09. The van der Waals surface area contributed by atoms with Gasteiger partial charge in [0.05, 0.1) is 13.4 Å². The van der Waals surface area contributed by atoms with E-state index in [1.54, 1.807) is 13.2 Å². The summed E-state index contributed by atoms with van der Waals surface area (Å²) in [5.41, 5.74) is 0.870. The molecule has 0 saturated heterocycles. The van der Waals surface area contributed by atoms with Crippen molar-refractivity contribution in [2.24, 2.45) is 0 Å². The van der Waals surface area contributed by atoms with Crippen LogP contribution in [0.2, 0.25) is 0 Å². The van der Waals surface area contributed by atoms with E-state index in [-0.39, 0.29) is 6.54 Å². The molecule has 4 nitrogen and oxygen atoms in total. The van der Waals surface area contributed by atoms with Crippen molar-refractivity contribution in [3.8, 4) is 5.75 Å². The Bertz CT molecular complexity index is 400. The van der Waals surface area contributed by atoms with Crippen LogP contribution in [0.5, 0.6) is 5.75 Å². The lowest BCUT2D eigenvalue weighted by atomic mass is 10.2. The van der Waals surface area contributed by atoms with Crippen LogP contribution in [0.25, 0.3) is 0 Å². The van der Waals surface area contributed by atoms with E-state index in [0.29, 0.717) is 0 Å². The summed E-state index contributed by atoms with van der Waals surface area (Å²) in [6.07, 6.45) is 1.13. The highest BCUT2D eigenvalue weighted by Crippen LogP contribution is 2.12. The van der Waals surface area contributed by atoms with E-state index >= 15 is 0 Å². The quantitative estimate of drug-likeness (QED) is 0.806. The first-order valence-corrected chi connectivity index (χ1v) is 5.98. The molecule has 1 N–H and O–H groups in total. The molecule has 0 saturated carbocycles. The van der Waals surface area contributed by atoms with E-state index in [9.17, 15) is 8.42 Å². The SMILES string of the molecule is COc1cccc(CNS(C)(=O)=O)c1. The van der Waals surface area contributed by atoms with Crippen molar-refractivity contribution in [2.45, 2.75) is 6.54 Å². The minimum Gasteiger partial charge on any atom is -0.497 e. The van der Waals surface area contributed by atoms with Crippen LogP contribution in [-0.2, 0) is 16.6 Å². The zero-order valence-corrected chi connectivity index (χ0v) is 8.97. The molecule has 5 heteroatoms. The number of ether oxygens (including phenoxy) is 1. The largest absolute Gasteiger partial charge is 0.497 e. The average molecular weight is 215 g/mol.